The SMILES string of the molecule is CC(C)c1ccccc1-n1nc(-c2cccs2)c2c1NCCCC2. The first kappa shape index (κ1) is 15.5. The Labute approximate surface area is 147 Å². The third kappa shape index (κ3) is 2.65. The van der Waals surface area contributed by atoms with Gasteiger partial charge in [-0.1, -0.05) is 38.1 Å². The van der Waals surface area contributed by atoms with Crippen molar-refractivity contribution < 1.29 is 0 Å². The molecular weight excluding hydrogens is 314 g/mol. The predicted molar refractivity (Wildman–Crippen MR) is 102 cm³/mol. The standard InChI is InChI=1S/C20H23N3S/c1-14(2)15-8-3-4-10-17(15)23-20-16(9-5-6-12-21-20)19(22-23)18-11-7-13-24-18/h3-4,7-8,10-11,13-14,21H,5-6,9,12H2,1-2H3. The average Bonchev–Trinajstić information content (AvgIpc) is 3.17. The number of anilines is 1. The summed E-state index contributed by atoms with van der Waals surface area (Å²) in [5.41, 5.74) is 5.05. The number of hydrogen-bond donors (Lipinski definition) is 1. The Morgan fingerprint density at radius 2 is 2.00 bits per heavy atom. The van der Waals surface area contributed by atoms with Gasteiger partial charge >= 0.3 is 0 Å². The second-order valence-electron chi connectivity index (χ2n) is 6.66. The molecule has 3 nitrogen and oxygen atoms in total. The van der Waals surface area contributed by atoms with Crippen molar-refractivity contribution in [2.24, 2.45) is 0 Å². The van der Waals surface area contributed by atoms with Crippen LogP contribution in [-0.2, 0) is 6.42 Å². The first-order chi connectivity index (χ1) is 11.8. The molecule has 2 aromatic heterocycles. The Balaban J connectivity index is 1.94. The third-order valence-corrected chi connectivity index (χ3v) is 5.55. The van der Waals surface area contributed by atoms with Crippen LogP contribution in [0.4, 0.5) is 5.82 Å². The predicted octanol–water partition coefficient (Wildman–Crippen LogP) is 5.47. The summed E-state index contributed by atoms with van der Waals surface area (Å²) in [6.45, 7) is 5.51. The average molecular weight is 337 g/mol. The zero-order chi connectivity index (χ0) is 16.5. The summed E-state index contributed by atoms with van der Waals surface area (Å²) >= 11 is 1.77. The number of aromatic nitrogens is 2. The zero-order valence-corrected chi connectivity index (χ0v) is 15.1. The van der Waals surface area contributed by atoms with Gasteiger partial charge in [-0.3, -0.25) is 0 Å². The van der Waals surface area contributed by atoms with Gasteiger partial charge in [0.2, 0.25) is 0 Å². The molecule has 1 aromatic carbocycles. The van der Waals surface area contributed by atoms with Gasteiger partial charge in [-0.05, 0) is 48.3 Å². The van der Waals surface area contributed by atoms with Gasteiger partial charge in [-0.25, -0.2) is 4.68 Å². The van der Waals surface area contributed by atoms with Crippen LogP contribution in [0.25, 0.3) is 16.3 Å². The maximum Gasteiger partial charge on any atom is 0.133 e. The maximum absolute atomic E-state index is 5.05. The molecule has 1 aliphatic heterocycles. The Bertz CT molecular complexity index is 831. The van der Waals surface area contributed by atoms with Gasteiger partial charge in [-0.15, -0.1) is 11.3 Å². The number of para-hydroxylation sites is 1. The van der Waals surface area contributed by atoms with Gasteiger partial charge in [0.05, 0.1) is 10.6 Å². The van der Waals surface area contributed by atoms with Gasteiger partial charge in [0.25, 0.3) is 0 Å². The Morgan fingerprint density at radius 1 is 1.12 bits per heavy atom. The van der Waals surface area contributed by atoms with Crippen molar-refractivity contribution in [1.29, 1.82) is 0 Å². The van der Waals surface area contributed by atoms with Crippen LogP contribution in [0.1, 0.15) is 43.7 Å². The third-order valence-electron chi connectivity index (χ3n) is 4.67. The highest BCUT2D eigenvalue weighted by Crippen LogP contribution is 2.37. The molecule has 1 aliphatic rings. The molecule has 0 spiro atoms. The van der Waals surface area contributed by atoms with E-state index >= 15 is 0 Å². The van der Waals surface area contributed by atoms with Crippen LogP contribution < -0.4 is 5.32 Å². The molecule has 1 N–H and O–H groups in total. The summed E-state index contributed by atoms with van der Waals surface area (Å²) < 4.78 is 2.14. The van der Waals surface area contributed by atoms with Crippen LogP contribution >= 0.6 is 11.3 Å². The molecule has 0 saturated heterocycles. The molecule has 0 unspecified atom stereocenters. The second kappa shape index (κ2) is 6.44. The van der Waals surface area contributed by atoms with E-state index in [2.05, 4.69) is 65.6 Å². The number of hydrogen-bond acceptors (Lipinski definition) is 3. The van der Waals surface area contributed by atoms with E-state index in [4.69, 9.17) is 5.10 Å². The van der Waals surface area contributed by atoms with E-state index in [0.29, 0.717) is 5.92 Å². The Morgan fingerprint density at radius 3 is 2.79 bits per heavy atom. The summed E-state index contributed by atoms with van der Waals surface area (Å²) in [5, 5.41) is 10.8. The first-order valence-electron chi connectivity index (χ1n) is 8.74. The van der Waals surface area contributed by atoms with Crippen LogP contribution in [0, 0.1) is 0 Å². The van der Waals surface area contributed by atoms with Crippen molar-refractivity contribution in [3.8, 4) is 16.3 Å². The molecule has 0 radical (unpaired) electrons. The fourth-order valence-corrected chi connectivity index (χ4v) is 4.19. The van der Waals surface area contributed by atoms with Crippen LogP contribution in [-0.4, -0.2) is 16.3 Å². The van der Waals surface area contributed by atoms with E-state index in [0.717, 1.165) is 18.7 Å². The largest absolute Gasteiger partial charge is 0.370 e. The topological polar surface area (TPSA) is 29.9 Å². The van der Waals surface area contributed by atoms with Gasteiger partial charge in [0.15, 0.2) is 0 Å². The lowest BCUT2D eigenvalue weighted by Gasteiger charge is -2.15. The Hall–Kier alpha value is -2.07. The van der Waals surface area contributed by atoms with Crippen molar-refractivity contribution in [2.45, 2.75) is 39.0 Å². The molecule has 124 valence electrons. The fourth-order valence-electron chi connectivity index (χ4n) is 3.46. The van der Waals surface area contributed by atoms with E-state index in [9.17, 15) is 0 Å². The van der Waals surface area contributed by atoms with Crippen molar-refractivity contribution >= 4 is 17.2 Å². The number of benzene rings is 1. The monoisotopic (exact) mass is 337 g/mol. The van der Waals surface area contributed by atoms with Gasteiger partial charge in [-0.2, -0.15) is 5.10 Å². The highest BCUT2D eigenvalue weighted by atomic mass is 32.1. The molecule has 4 rings (SSSR count). The van der Waals surface area contributed by atoms with Crippen LogP contribution in [0.15, 0.2) is 41.8 Å². The summed E-state index contributed by atoms with van der Waals surface area (Å²) in [6.07, 6.45) is 3.53. The van der Waals surface area contributed by atoms with Gasteiger partial charge in [0, 0.05) is 12.1 Å². The van der Waals surface area contributed by atoms with E-state index < -0.39 is 0 Å². The summed E-state index contributed by atoms with van der Waals surface area (Å²) in [7, 11) is 0. The lowest BCUT2D eigenvalue weighted by atomic mass is 10.0. The van der Waals surface area contributed by atoms with Crippen LogP contribution in [0.5, 0.6) is 0 Å². The molecule has 0 bridgehead atoms. The molecule has 0 atom stereocenters. The molecule has 3 heterocycles. The molecule has 3 aromatic rings. The smallest absolute Gasteiger partial charge is 0.133 e. The zero-order valence-electron chi connectivity index (χ0n) is 14.2. The molecule has 0 fully saturated rings. The van der Waals surface area contributed by atoms with Crippen molar-refractivity contribution in [2.75, 3.05) is 11.9 Å². The minimum absolute atomic E-state index is 0.469. The number of rotatable bonds is 3. The highest BCUT2D eigenvalue weighted by molar-refractivity contribution is 7.13. The molecular formula is C20H23N3S. The summed E-state index contributed by atoms with van der Waals surface area (Å²) in [6, 6.07) is 12.9. The fraction of sp³-hybridized carbons (Fsp3) is 0.350. The highest BCUT2D eigenvalue weighted by Gasteiger charge is 2.23. The van der Waals surface area contributed by atoms with Gasteiger partial charge < -0.3 is 5.32 Å². The number of fused-ring (bicyclic) bond motifs is 1. The molecule has 24 heavy (non-hydrogen) atoms. The number of thiophene rings is 1. The summed E-state index contributed by atoms with van der Waals surface area (Å²) in [5.74, 6) is 1.65. The van der Waals surface area contributed by atoms with E-state index in [1.807, 2.05) is 0 Å². The van der Waals surface area contributed by atoms with Crippen molar-refractivity contribution in [3.63, 3.8) is 0 Å². The lowest BCUT2D eigenvalue weighted by Crippen LogP contribution is -2.09. The normalized spacial score (nSPS) is 14.3. The molecule has 0 saturated carbocycles. The Kier molecular flexibility index (Phi) is 4.15. The second-order valence-corrected chi connectivity index (χ2v) is 7.61. The number of nitrogens with one attached hydrogen (secondary N) is 1. The molecule has 0 amide bonds. The van der Waals surface area contributed by atoms with Crippen molar-refractivity contribution in [3.05, 3.63) is 52.9 Å². The first-order valence-corrected chi connectivity index (χ1v) is 9.62. The molecule has 4 heteroatoms. The van der Waals surface area contributed by atoms with Crippen LogP contribution in [0.2, 0.25) is 0 Å². The van der Waals surface area contributed by atoms with Crippen LogP contribution in [0.3, 0.4) is 0 Å². The lowest BCUT2D eigenvalue weighted by molar-refractivity contribution is 0.777. The van der Waals surface area contributed by atoms with Crippen molar-refractivity contribution in [1.82, 2.24) is 9.78 Å². The maximum atomic E-state index is 5.05. The summed E-state index contributed by atoms with van der Waals surface area (Å²) in [4.78, 5) is 1.26. The van der Waals surface area contributed by atoms with E-state index in [1.165, 1.54) is 40.4 Å². The minimum atomic E-state index is 0.469. The van der Waals surface area contributed by atoms with Gasteiger partial charge in [0.1, 0.15) is 11.5 Å². The van der Waals surface area contributed by atoms with E-state index in [-0.39, 0.29) is 0 Å². The quantitative estimate of drug-likeness (QED) is 0.686. The minimum Gasteiger partial charge on any atom is -0.370 e. The number of nitrogens with zero attached hydrogens (tertiary/aromatic N) is 2. The molecule has 0 aliphatic carbocycles. The van der Waals surface area contributed by atoms with E-state index in [1.54, 1.807) is 11.3 Å².